The summed E-state index contributed by atoms with van der Waals surface area (Å²) in [4.78, 5) is 14.0. The number of rotatable bonds is 4. The van der Waals surface area contributed by atoms with E-state index in [4.69, 9.17) is 14.6 Å². The molecule has 0 aromatic carbocycles. The van der Waals surface area contributed by atoms with Crippen LogP contribution in [0.25, 0.3) is 0 Å². The van der Waals surface area contributed by atoms with E-state index >= 15 is 0 Å². The Hall–Kier alpha value is -2.01. The van der Waals surface area contributed by atoms with Crippen molar-refractivity contribution in [3.05, 3.63) is 47.3 Å². The molecule has 5 nitrogen and oxygen atoms in total. The lowest BCUT2D eigenvalue weighted by Gasteiger charge is -2.29. The highest BCUT2D eigenvalue weighted by molar-refractivity contribution is 5.90. The number of nitrogens with two attached hydrogens (primary N) is 1. The highest BCUT2D eigenvalue weighted by Crippen LogP contribution is 2.35. The summed E-state index contributed by atoms with van der Waals surface area (Å²) in [5.74, 6) is 1.57. The van der Waals surface area contributed by atoms with Gasteiger partial charge in [0.1, 0.15) is 11.5 Å². The molecule has 3 rings (SSSR count). The van der Waals surface area contributed by atoms with Crippen molar-refractivity contribution in [2.24, 2.45) is 5.73 Å². The third-order valence-electron chi connectivity index (χ3n) is 4.84. The van der Waals surface area contributed by atoms with E-state index in [1.54, 1.807) is 6.26 Å². The topological polar surface area (TPSA) is 72.6 Å². The minimum absolute atomic E-state index is 0.185. The van der Waals surface area contributed by atoms with E-state index in [0.29, 0.717) is 0 Å². The van der Waals surface area contributed by atoms with Crippen LogP contribution in [-0.4, -0.2) is 17.4 Å². The Morgan fingerprint density at radius 1 is 1.32 bits per heavy atom. The summed E-state index contributed by atoms with van der Waals surface area (Å²) in [6.07, 6.45) is 6.42. The number of likely N-dealkylation sites (tertiary alicyclic amines) is 1. The highest BCUT2D eigenvalue weighted by atomic mass is 16.4. The van der Waals surface area contributed by atoms with Gasteiger partial charge in [-0.2, -0.15) is 0 Å². The van der Waals surface area contributed by atoms with Crippen LogP contribution >= 0.6 is 0 Å². The minimum Gasteiger partial charge on any atom is -0.468 e. The number of nitrogens with zero attached hydrogens (tertiary/aromatic N) is 1. The zero-order valence-electron chi connectivity index (χ0n) is 15.4. The predicted octanol–water partition coefficient (Wildman–Crippen LogP) is 4.39. The molecule has 2 N–H and O–H groups in total. The number of primary amides is 1. The van der Waals surface area contributed by atoms with Gasteiger partial charge in [-0.3, -0.25) is 9.69 Å². The van der Waals surface area contributed by atoms with Crippen LogP contribution in [-0.2, 0) is 12.0 Å². The van der Waals surface area contributed by atoms with Gasteiger partial charge in [0.25, 0.3) is 5.91 Å². The van der Waals surface area contributed by atoms with Crippen molar-refractivity contribution in [1.29, 1.82) is 0 Å². The Balaban J connectivity index is 1.92. The summed E-state index contributed by atoms with van der Waals surface area (Å²) >= 11 is 0. The normalized spacial score (nSPS) is 19.7. The fourth-order valence-electron chi connectivity index (χ4n) is 3.68. The molecule has 1 atom stereocenters. The average Bonchev–Trinajstić information content (AvgIpc) is 3.14. The van der Waals surface area contributed by atoms with Crippen molar-refractivity contribution in [2.45, 2.75) is 64.5 Å². The van der Waals surface area contributed by atoms with Crippen LogP contribution < -0.4 is 5.73 Å². The molecule has 0 saturated carbocycles. The fraction of sp³-hybridized carbons (Fsp3) is 0.550. The van der Waals surface area contributed by atoms with E-state index in [1.807, 2.05) is 12.1 Å². The Labute approximate surface area is 149 Å². The second-order valence-corrected chi connectivity index (χ2v) is 7.93. The molecule has 2 aromatic heterocycles. The summed E-state index contributed by atoms with van der Waals surface area (Å²) < 4.78 is 11.5. The maximum Gasteiger partial charge on any atom is 0.284 e. The molecule has 136 valence electrons. The SMILES string of the molecule is CC(C)(C)c1oc(C(N)=O)cc1CN1CCCCCC1c1ccco1. The van der Waals surface area contributed by atoms with Crippen LogP contribution in [0.4, 0.5) is 0 Å². The lowest BCUT2D eigenvalue weighted by Crippen LogP contribution is -2.29. The predicted molar refractivity (Wildman–Crippen MR) is 96.3 cm³/mol. The molecule has 1 aliphatic rings. The summed E-state index contributed by atoms with van der Waals surface area (Å²) in [5, 5.41) is 0. The van der Waals surface area contributed by atoms with Gasteiger partial charge in [-0.1, -0.05) is 33.6 Å². The first-order valence-corrected chi connectivity index (χ1v) is 9.06. The number of hydrogen-bond donors (Lipinski definition) is 1. The fourth-order valence-corrected chi connectivity index (χ4v) is 3.68. The van der Waals surface area contributed by atoms with E-state index in [2.05, 4.69) is 31.7 Å². The molecule has 1 aliphatic heterocycles. The van der Waals surface area contributed by atoms with Crippen molar-refractivity contribution < 1.29 is 13.6 Å². The van der Waals surface area contributed by atoms with Crippen LogP contribution in [0.3, 0.4) is 0 Å². The Kier molecular flexibility index (Phi) is 5.04. The van der Waals surface area contributed by atoms with Gasteiger partial charge in [0.2, 0.25) is 0 Å². The molecule has 1 amide bonds. The van der Waals surface area contributed by atoms with Gasteiger partial charge in [0, 0.05) is 17.5 Å². The van der Waals surface area contributed by atoms with Gasteiger partial charge in [0.15, 0.2) is 5.76 Å². The van der Waals surface area contributed by atoms with E-state index in [1.165, 1.54) is 19.3 Å². The van der Waals surface area contributed by atoms with Crippen LogP contribution in [0.5, 0.6) is 0 Å². The second kappa shape index (κ2) is 7.08. The third kappa shape index (κ3) is 3.98. The zero-order chi connectivity index (χ0) is 18.0. The van der Waals surface area contributed by atoms with Crippen LogP contribution in [0.2, 0.25) is 0 Å². The molecule has 1 fully saturated rings. The van der Waals surface area contributed by atoms with Crippen LogP contribution in [0, 0.1) is 0 Å². The van der Waals surface area contributed by atoms with E-state index in [9.17, 15) is 4.79 Å². The maximum absolute atomic E-state index is 11.6. The summed E-state index contributed by atoms with van der Waals surface area (Å²) in [6, 6.07) is 6.07. The first kappa shape index (κ1) is 17.8. The van der Waals surface area contributed by atoms with Crippen molar-refractivity contribution in [1.82, 2.24) is 4.90 Å². The number of furan rings is 2. The second-order valence-electron chi connectivity index (χ2n) is 7.93. The molecule has 0 spiro atoms. The van der Waals surface area contributed by atoms with Crippen molar-refractivity contribution in [3.8, 4) is 0 Å². The molecule has 1 unspecified atom stereocenters. The standard InChI is InChI=1S/C20H28N2O3/c1-20(2,3)18-14(12-17(25-18)19(21)23)13-22-10-6-4-5-8-15(22)16-9-7-11-24-16/h7,9,11-12,15H,4-6,8,10,13H2,1-3H3,(H2,21,23). The minimum atomic E-state index is -0.518. The largest absolute Gasteiger partial charge is 0.468 e. The van der Waals surface area contributed by atoms with Gasteiger partial charge >= 0.3 is 0 Å². The Bertz CT molecular complexity index is 710. The van der Waals surface area contributed by atoms with Gasteiger partial charge in [0.05, 0.1) is 12.3 Å². The quantitative estimate of drug-likeness (QED) is 0.893. The molecule has 25 heavy (non-hydrogen) atoms. The molecule has 3 heterocycles. The molecule has 0 bridgehead atoms. The van der Waals surface area contributed by atoms with E-state index in [0.717, 1.165) is 36.6 Å². The molecular weight excluding hydrogens is 316 g/mol. The summed E-state index contributed by atoms with van der Waals surface area (Å²) in [6.45, 7) is 8.01. The van der Waals surface area contributed by atoms with Crippen LogP contribution in [0.15, 0.2) is 33.3 Å². The smallest absolute Gasteiger partial charge is 0.284 e. The summed E-state index contributed by atoms with van der Waals surface area (Å²) in [7, 11) is 0. The third-order valence-corrected chi connectivity index (χ3v) is 4.84. The molecule has 0 radical (unpaired) electrons. The lowest BCUT2D eigenvalue weighted by molar-refractivity contribution is 0.0970. The average molecular weight is 344 g/mol. The van der Waals surface area contributed by atoms with Crippen molar-refractivity contribution >= 4 is 5.91 Å². The maximum atomic E-state index is 11.6. The van der Waals surface area contributed by atoms with Gasteiger partial charge in [-0.15, -0.1) is 0 Å². The monoisotopic (exact) mass is 344 g/mol. The van der Waals surface area contributed by atoms with E-state index < -0.39 is 5.91 Å². The lowest BCUT2D eigenvalue weighted by atomic mass is 9.90. The van der Waals surface area contributed by atoms with Gasteiger partial charge in [-0.05, 0) is 37.6 Å². The number of carbonyl (C=O) groups excluding carboxylic acids is 1. The molecule has 0 aliphatic carbocycles. The molecular formula is C20H28N2O3. The Morgan fingerprint density at radius 3 is 2.76 bits per heavy atom. The first-order chi connectivity index (χ1) is 11.9. The zero-order valence-corrected chi connectivity index (χ0v) is 15.4. The first-order valence-electron chi connectivity index (χ1n) is 9.06. The van der Waals surface area contributed by atoms with Gasteiger partial charge in [-0.25, -0.2) is 0 Å². The van der Waals surface area contributed by atoms with Gasteiger partial charge < -0.3 is 14.6 Å². The number of hydrogen-bond acceptors (Lipinski definition) is 4. The number of carbonyl (C=O) groups is 1. The number of amides is 1. The summed E-state index contributed by atoms with van der Waals surface area (Å²) in [5.41, 5.74) is 6.30. The molecule has 2 aromatic rings. The van der Waals surface area contributed by atoms with Crippen molar-refractivity contribution in [2.75, 3.05) is 6.54 Å². The van der Waals surface area contributed by atoms with Crippen LogP contribution in [0.1, 0.15) is 80.1 Å². The Morgan fingerprint density at radius 2 is 2.12 bits per heavy atom. The molecule has 1 saturated heterocycles. The van der Waals surface area contributed by atoms with Crippen molar-refractivity contribution in [3.63, 3.8) is 0 Å². The molecule has 5 heteroatoms. The van der Waals surface area contributed by atoms with E-state index in [-0.39, 0.29) is 17.2 Å². The highest BCUT2D eigenvalue weighted by Gasteiger charge is 2.30.